The molecule has 144 valence electrons. The van der Waals surface area contributed by atoms with E-state index in [-0.39, 0.29) is 23.3 Å². The normalized spacial score (nSPS) is 12.4. The highest BCUT2D eigenvalue weighted by Gasteiger charge is 2.29. The van der Waals surface area contributed by atoms with E-state index in [1.54, 1.807) is 13.8 Å². The molecule has 0 N–H and O–H groups in total. The van der Waals surface area contributed by atoms with E-state index in [2.05, 4.69) is 27.0 Å². The van der Waals surface area contributed by atoms with Crippen LogP contribution in [0.1, 0.15) is 53.9 Å². The summed E-state index contributed by atoms with van der Waals surface area (Å²) in [5.74, 6) is -0.612. The van der Waals surface area contributed by atoms with Gasteiger partial charge in [-0.2, -0.15) is 0 Å². The SMILES string of the molecule is C=C(C)C(=O)OCC(CC)COCC(CC)(CC)COC(=O)C(=C)C. The molecule has 0 aromatic carbocycles. The van der Waals surface area contributed by atoms with Gasteiger partial charge in [-0.05, 0) is 33.1 Å². The largest absolute Gasteiger partial charge is 0.462 e. The van der Waals surface area contributed by atoms with Gasteiger partial charge in [0, 0.05) is 22.5 Å². The van der Waals surface area contributed by atoms with E-state index in [1.165, 1.54) is 0 Å². The van der Waals surface area contributed by atoms with Gasteiger partial charge < -0.3 is 14.2 Å². The van der Waals surface area contributed by atoms with E-state index in [0.717, 1.165) is 19.3 Å². The van der Waals surface area contributed by atoms with Gasteiger partial charge >= 0.3 is 11.9 Å². The minimum absolute atomic E-state index is 0.132. The Morgan fingerprint density at radius 3 is 1.84 bits per heavy atom. The van der Waals surface area contributed by atoms with Gasteiger partial charge in [0.1, 0.15) is 0 Å². The highest BCUT2D eigenvalue weighted by atomic mass is 16.5. The van der Waals surface area contributed by atoms with Crippen molar-refractivity contribution in [2.75, 3.05) is 26.4 Å². The second-order valence-corrected chi connectivity index (χ2v) is 6.73. The number of rotatable bonds is 13. The smallest absolute Gasteiger partial charge is 0.333 e. The van der Waals surface area contributed by atoms with Crippen LogP contribution in [0.4, 0.5) is 0 Å². The lowest BCUT2D eigenvalue weighted by Gasteiger charge is -2.31. The quantitative estimate of drug-likeness (QED) is 0.368. The fraction of sp³-hybridized carbons (Fsp3) is 0.700. The van der Waals surface area contributed by atoms with Gasteiger partial charge in [-0.25, -0.2) is 9.59 Å². The standard InChI is InChI=1S/C20H34O5/c1-8-17(12-24-18(21)15(4)5)11-23-13-20(9-2,10-3)14-25-19(22)16(6)7/h17H,4,6,8-14H2,1-3,5,7H3. The molecule has 25 heavy (non-hydrogen) atoms. The first-order chi connectivity index (χ1) is 11.7. The van der Waals surface area contributed by atoms with Crippen LogP contribution in [-0.4, -0.2) is 38.4 Å². The third-order valence-electron chi connectivity index (χ3n) is 4.50. The molecule has 0 saturated carbocycles. The molecule has 0 saturated heterocycles. The first kappa shape index (κ1) is 23.4. The molecule has 0 aromatic heterocycles. The van der Waals surface area contributed by atoms with Gasteiger partial charge in [-0.3, -0.25) is 0 Å². The van der Waals surface area contributed by atoms with E-state index in [1.807, 2.05) is 6.92 Å². The van der Waals surface area contributed by atoms with Crippen molar-refractivity contribution < 1.29 is 23.8 Å². The van der Waals surface area contributed by atoms with Crippen molar-refractivity contribution in [3.8, 4) is 0 Å². The molecule has 0 rings (SSSR count). The molecule has 0 heterocycles. The van der Waals surface area contributed by atoms with Gasteiger partial charge in [-0.1, -0.05) is 33.9 Å². The zero-order chi connectivity index (χ0) is 19.5. The molecular weight excluding hydrogens is 320 g/mol. The van der Waals surface area contributed by atoms with E-state index in [9.17, 15) is 9.59 Å². The Morgan fingerprint density at radius 1 is 0.880 bits per heavy atom. The zero-order valence-corrected chi connectivity index (χ0v) is 16.5. The third kappa shape index (κ3) is 8.87. The summed E-state index contributed by atoms with van der Waals surface area (Å²) in [6, 6.07) is 0. The zero-order valence-electron chi connectivity index (χ0n) is 16.5. The summed E-state index contributed by atoms with van der Waals surface area (Å²) >= 11 is 0. The molecular formula is C20H34O5. The number of carbonyl (C=O) groups is 2. The van der Waals surface area contributed by atoms with Crippen molar-refractivity contribution in [3.63, 3.8) is 0 Å². The van der Waals surface area contributed by atoms with Crippen LogP contribution in [0.2, 0.25) is 0 Å². The van der Waals surface area contributed by atoms with Crippen LogP contribution in [0.5, 0.6) is 0 Å². The fourth-order valence-corrected chi connectivity index (χ4v) is 2.08. The van der Waals surface area contributed by atoms with Gasteiger partial charge in [0.15, 0.2) is 0 Å². The predicted octanol–water partition coefficient (Wildman–Crippen LogP) is 4.07. The first-order valence-electron chi connectivity index (χ1n) is 8.94. The highest BCUT2D eigenvalue weighted by Crippen LogP contribution is 2.28. The molecule has 0 aliphatic carbocycles. The van der Waals surface area contributed by atoms with Crippen molar-refractivity contribution in [1.29, 1.82) is 0 Å². The summed E-state index contributed by atoms with van der Waals surface area (Å²) in [6.45, 7) is 18.2. The molecule has 0 aliphatic heterocycles. The van der Waals surface area contributed by atoms with Crippen LogP contribution in [0, 0.1) is 11.3 Å². The summed E-state index contributed by atoms with van der Waals surface area (Å²) < 4.78 is 16.4. The Bertz CT molecular complexity index is 463. The Kier molecular flexibility index (Phi) is 11.1. The maximum absolute atomic E-state index is 11.6. The number of ether oxygens (including phenoxy) is 3. The topological polar surface area (TPSA) is 61.8 Å². The van der Waals surface area contributed by atoms with E-state index < -0.39 is 0 Å². The van der Waals surface area contributed by atoms with Crippen molar-refractivity contribution >= 4 is 11.9 Å². The van der Waals surface area contributed by atoms with E-state index in [4.69, 9.17) is 14.2 Å². The van der Waals surface area contributed by atoms with Crippen LogP contribution in [0.25, 0.3) is 0 Å². The van der Waals surface area contributed by atoms with E-state index >= 15 is 0 Å². The van der Waals surface area contributed by atoms with Crippen molar-refractivity contribution in [3.05, 3.63) is 24.3 Å². The van der Waals surface area contributed by atoms with Crippen LogP contribution in [0.15, 0.2) is 24.3 Å². The van der Waals surface area contributed by atoms with Gasteiger partial charge in [0.2, 0.25) is 0 Å². The summed E-state index contributed by atoms with van der Waals surface area (Å²) in [5, 5.41) is 0. The fourth-order valence-electron chi connectivity index (χ4n) is 2.08. The Morgan fingerprint density at radius 2 is 1.40 bits per heavy atom. The molecule has 0 radical (unpaired) electrons. The average molecular weight is 354 g/mol. The van der Waals surface area contributed by atoms with Crippen LogP contribution < -0.4 is 0 Å². The molecule has 0 fully saturated rings. The second kappa shape index (κ2) is 11.9. The first-order valence-corrected chi connectivity index (χ1v) is 8.94. The Hall–Kier alpha value is -1.62. The second-order valence-electron chi connectivity index (χ2n) is 6.73. The average Bonchev–Trinajstić information content (AvgIpc) is 2.59. The van der Waals surface area contributed by atoms with Gasteiger partial charge in [0.25, 0.3) is 0 Å². The molecule has 5 nitrogen and oxygen atoms in total. The third-order valence-corrected chi connectivity index (χ3v) is 4.50. The summed E-state index contributed by atoms with van der Waals surface area (Å²) in [7, 11) is 0. The monoisotopic (exact) mass is 354 g/mol. The van der Waals surface area contributed by atoms with Crippen molar-refractivity contribution in [2.45, 2.75) is 53.9 Å². The molecule has 0 bridgehead atoms. The molecule has 0 spiro atoms. The maximum atomic E-state index is 11.6. The molecule has 5 heteroatoms. The number of carbonyl (C=O) groups excluding carboxylic acids is 2. The number of hydrogen-bond acceptors (Lipinski definition) is 5. The number of hydrogen-bond donors (Lipinski definition) is 0. The van der Waals surface area contributed by atoms with E-state index in [0.29, 0.717) is 37.6 Å². The lowest BCUT2D eigenvalue weighted by Crippen LogP contribution is -2.33. The van der Waals surface area contributed by atoms with Gasteiger partial charge in [0.05, 0.1) is 26.4 Å². The van der Waals surface area contributed by atoms with Crippen LogP contribution >= 0.6 is 0 Å². The van der Waals surface area contributed by atoms with Crippen LogP contribution in [-0.2, 0) is 23.8 Å². The Labute approximate surface area is 152 Å². The Balaban J connectivity index is 4.48. The molecule has 0 aromatic rings. The molecule has 0 amide bonds. The van der Waals surface area contributed by atoms with Crippen LogP contribution in [0.3, 0.4) is 0 Å². The molecule has 0 aliphatic rings. The molecule has 1 atom stereocenters. The highest BCUT2D eigenvalue weighted by molar-refractivity contribution is 5.87. The minimum Gasteiger partial charge on any atom is -0.462 e. The lowest BCUT2D eigenvalue weighted by atomic mass is 9.84. The summed E-state index contributed by atoms with van der Waals surface area (Å²) in [6.07, 6.45) is 2.53. The number of esters is 2. The molecule has 1 unspecified atom stereocenters. The van der Waals surface area contributed by atoms with Gasteiger partial charge in [-0.15, -0.1) is 0 Å². The summed E-state index contributed by atoms with van der Waals surface area (Å²) in [4.78, 5) is 23.1. The van der Waals surface area contributed by atoms with Crippen molar-refractivity contribution in [2.24, 2.45) is 11.3 Å². The predicted molar refractivity (Wildman–Crippen MR) is 99.2 cm³/mol. The minimum atomic E-state index is -0.373. The van der Waals surface area contributed by atoms with Crippen molar-refractivity contribution in [1.82, 2.24) is 0 Å². The lowest BCUT2D eigenvalue weighted by molar-refractivity contribution is -0.145. The summed E-state index contributed by atoms with van der Waals surface area (Å²) in [5.41, 5.74) is 0.580. The maximum Gasteiger partial charge on any atom is 0.333 e.